The summed E-state index contributed by atoms with van der Waals surface area (Å²) in [6.07, 6.45) is 10.4. The molecule has 11 nitrogen and oxygen atoms in total. The number of carbonyl (C=O) groups excluding carboxylic acids is 2. The largest absolute Gasteiger partial charge is 0.507 e. The smallest absolute Gasteiger partial charge is 0.319 e. The second-order valence-electron chi connectivity index (χ2n) is 10.6. The minimum Gasteiger partial charge on any atom is -0.507 e. The number of urea groups is 1. The van der Waals surface area contributed by atoms with Gasteiger partial charge in [-0.1, -0.05) is 73.7 Å². The van der Waals surface area contributed by atoms with Crippen LogP contribution < -0.4 is 16.2 Å². The van der Waals surface area contributed by atoms with E-state index in [2.05, 4.69) is 15.6 Å². The maximum atomic E-state index is 12.5. The van der Waals surface area contributed by atoms with Gasteiger partial charge in [0.05, 0.1) is 12.2 Å². The highest BCUT2D eigenvalue weighted by Crippen LogP contribution is 2.32. The molecule has 1 aliphatic heterocycles. The standard InChI is InChI=1S/C34H41N3O8/c1-21(28(39)27-25(38)18-20-35-33(27)42)13-7-5-10-17-26-29(40)30(41)32(45-26)23(3)31(44-4)22(2)14-11-12-19-36-34(43)37-24-15-8-6-9-16-24/h5-18,20,23,26,29-32,40-41H,19H2,1-4H3,(H2,35,38,42)(H2,36,37,43)/b7-5+,12-11+,17-10+,21-13+,22-14+/t23-,26?,29+,30+,31-,32?/m1/s1. The number of amides is 2. The highest BCUT2D eigenvalue weighted by atomic mass is 16.5. The second-order valence-corrected chi connectivity index (χ2v) is 10.6. The number of rotatable bonds is 13. The molecule has 1 aromatic carbocycles. The van der Waals surface area contributed by atoms with Crippen molar-refractivity contribution in [1.29, 1.82) is 0 Å². The number of ketones is 1. The number of aliphatic hydroxyl groups excluding tert-OH is 2. The Kier molecular flexibility index (Phi) is 13.3. The van der Waals surface area contributed by atoms with Crippen LogP contribution in [0.2, 0.25) is 0 Å². The van der Waals surface area contributed by atoms with Crippen molar-refractivity contribution in [1.82, 2.24) is 10.3 Å². The zero-order valence-corrected chi connectivity index (χ0v) is 25.7. The molecule has 2 unspecified atom stereocenters. The number of pyridine rings is 1. The molecule has 0 bridgehead atoms. The van der Waals surface area contributed by atoms with Crippen LogP contribution in [0.15, 0.2) is 107 Å². The molecule has 1 saturated heterocycles. The summed E-state index contributed by atoms with van der Waals surface area (Å²) in [7, 11) is 1.56. The van der Waals surface area contributed by atoms with Gasteiger partial charge < -0.3 is 40.4 Å². The Morgan fingerprint density at radius 1 is 1.04 bits per heavy atom. The van der Waals surface area contributed by atoms with Crippen LogP contribution in [0.4, 0.5) is 10.5 Å². The molecule has 1 aliphatic rings. The molecule has 0 saturated carbocycles. The van der Waals surface area contributed by atoms with Crippen LogP contribution in [0.3, 0.4) is 0 Å². The number of Topliss-reactive ketones (excluding diaryl/α,β-unsaturated/α-hetero) is 1. The number of para-hydroxylation sites is 1. The fourth-order valence-electron chi connectivity index (χ4n) is 4.94. The fourth-order valence-corrected chi connectivity index (χ4v) is 4.94. The third-order valence-electron chi connectivity index (χ3n) is 7.34. The Labute approximate surface area is 262 Å². The predicted molar refractivity (Wildman–Crippen MR) is 172 cm³/mol. The van der Waals surface area contributed by atoms with Crippen molar-refractivity contribution in [3.63, 3.8) is 0 Å². The number of aliphatic hydroxyl groups is 2. The van der Waals surface area contributed by atoms with E-state index in [1.807, 2.05) is 38.1 Å². The molecule has 2 aromatic rings. The first-order chi connectivity index (χ1) is 21.5. The molecule has 0 radical (unpaired) electrons. The zero-order chi connectivity index (χ0) is 32.9. The van der Waals surface area contributed by atoms with Gasteiger partial charge in [-0.25, -0.2) is 4.79 Å². The molecule has 1 aromatic heterocycles. The van der Waals surface area contributed by atoms with Crippen LogP contribution in [0, 0.1) is 5.92 Å². The summed E-state index contributed by atoms with van der Waals surface area (Å²) in [6, 6.07) is 10.0. The number of anilines is 1. The summed E-state index contributed by atoms with van der Waals surface area (Å²) in [6.45, 7) is 5.60. The average molecular weight is 620 g/mol. The third-order valence-corrected chi connectivity index (χ3v) is 7.34. The SMILES string of the molecule is CO[C@H](/C(C)=C/C=C/CNC(=O)Nc1ccccc1)[C@@H](C)C1OC(/C=C/C=C/C=C(\C)C(=O)c2c(O)cc[nH]c2=O)[C@H](O)[C@@H]1O. The molecule has 240 valence electrons. The van der Waals surface area contributed by atoms with Crippen molar-refractivity contribution in [2.45, 2.75) is 51.3 Å². The van der Waals surface area contributed by atoms with Crippen molar-refractivity contribution >= 4 is 17.5 Å². The van der Waals surface area contributed by atoms with Gasteiger partial charge in [0, 0.05) is 31.5 Å². The Balaban J connectivity index is 1.53. The highest BCUT2D eigenvalue weighted by Gasteiger charge is 2.46. The van der Waals surface area contributed by atoms with Gasteiger partial charge in [0.1, 0.15) is 29.6 Å². The first kappa shape index (κ1) is 34.9. The first-order valence-corrected chi connectivity index (χ1v) is 14.5. The molecule has 11 heteroatoms. The molecule has 2 heterocycles. The lowest BCUT2D eigenvalue weighted by Gasteiger charge is -2.29. The molecule has 6 atom stereocenters. The predicted octanol–water partition coefficient (Wildman–Crippen LogP) is 3.79. The number of methoxy groups -OCH3 is 1. The minimum absolute atomic E-state index is 0.238. The molecular weight excluding hydrogens is 578 g/mol. The van der Waals surface area contributed by atoms with Gasteiger partial charge in [0.25, 0.3) is 5.56 Å². The van der Waals surface area contributed by atoms with Crippen LogP contribution in [-0.2, 0) is 9.47 Å². The molecule has 2 amide bonds. The summed E-state index contributed by atoms with van der Waals surface area (Å²) in [5.41, 5.74) is 0.792. The number of nitrogens with one attached hydrogen (secondary N) is 3. The Bertz CT molecular complexity index is 1510. The van der Waals surface area contributed by atoms with E-state index in [0.717, 1.165) is 5.57 Å². The number of benzene rings is 1. The van der Waals surface area contributed by atoms with Crippen LogP contribution in [0.1, 0.15) is 31.1 Å². The fraction of sp³-hybridized carbons (Fsp3) is 0.324. The quantitative estimate of drug-likeness (QED) is 0.112. The van der Waals surface area contributed by atoms with Gasteiger partial charge in [-0.05, 0) is 43.2 Å². The lowest BCUT2D eigenvalue weighted by atomic mass is 9.89. The van der Waals surface area contributed by atoms with E-state index >= 15 is 0 Å². The second kappa shape index (κ2) is 17.1. The van der Waals surface area contributed by atoms with Crippen molar-refractivity contribution in [2.24, 2.45) is 5.92 Å². The molecule has 0 aliphatic carbocycles. The van der Waals surface area contributed by atoms with E-state index in [-0.39, 0.29) is 23.1 Å². The normalized spacial score (nSPS) is 22.3. The highest BCUT2D eigenvalue weighted by molar-refractivity contribution is 6.09. The van der Waals surface area contributed by atoms with E-state index < -0.39 is 47.6 Å². The number of hydrogen-bond acceptors (Lipinski definition) is 8. The summed E-state index contributed by atoms with van der Waals surface area (Å²) in [5, 5.41) is 36.7. The lowest BCUT2D eigenvalue weighted by Crippen LogP contribution is -2.40. The number of hydrogen-bond donors (Lipinski definition) is 6. The summed E-state index contributed by atoms with van der Waals surface area (Å²) < 4.78 is 11.7. The van der Waals surface area contributed by atoms with Crippen molar-refractivity contribution < 1.29 is 34.4 Å². The lowest BCUT2D eigenvalue weighted by molar-refractivity contribution is -0.0515. The molecule has 3 rings (SSSR count). The number of aromatic hydroxyl groups is 1. The monoisotopic (exact) mass is 619 g/mol. The number of aromatic amines is 1. The van der Waals surface area contributed by atoms with Crippen molar-refractivity contribution in [3.05, 3.63) is 118 Å². The summed E-state index contributed by atoms with van der Waals surface area (Å²) in [5.74, 6) is -1.32. The van der Waals surface area contributed by atoms with E-state index in [9.17, 15) is 29.7 Å². The van der Waals surface area contributed by atoms with Gasteiger partial charge in [-0.3, -0.25) is 9.59 Å². The summed E-state index contributed by atoms with van der Waals surface area (Å²) in [4.78, 5) is 38.8. The Morgan fingerprint density at radius 2 is 1.78 bits per heavy atom. The number of aromatic nitrogens is 1. The van der Waals surface area contributed by atoms with Gasteiger partial charge in [-0.15, -0.1) is 0 Å². The number of H-pyrrole nitrogens is 1. The van der Waals surface area contributed by atoms with Crippen LogP contribution in [0.5, 0.6) is 5.75 Å². The maximum absolute atomic E-state index is 12.5. The van der Waals surface area contributed by atoms with Crippen LogP contribution in [-0.4, -0.2) is 76.3 Å². The summed E-state index contributed by atoms with van der Waals surface area (Å²) >= 11 is 0. The number of carbonyl (C=O) groups is 2. The number of allylic oxidation sites excluding steroid dienone is 7. The average Bonchev–Trinajstić information content (AvgIpc) is 3.30. The molecule has 1 fully saturated rings. The molecule has 6 N–H and O–H groups in total. The van der Waals surface area contributed by atoms with E-state index in [0.29, 0.717) is 12.2 Å². The van der Waals surface area contributed by atoms with Crippen LogP contribution >= 0.6 is 0 Å². The van der Waals surface area contributed by atoms with E-state index in [4.69, 9.17) is 9.47 Å². The van der Waals surface area contributed by atoms with Crippen molar-refractivity contribution in [2.75, 3.05) is 19.0 Å². The minimum atomic E-state index is -1.16. The Morgan fingerprint density at radius 3 is 2.47 bits per heavy atom. The molecule has 45 heavy (non-hydrogen) atoms. The molecular formula is C34H41N3O8. The first-order valence-electron chi connectivity index (χ1n) is 14.5. The van der Waals surface area contributed by atoms with E-state index in [1.165, 1.54) is 25.3 Å². The van der Waals surface area contributed by atoms with Gasteiger partial charge >= 0.3 is 6.03 Å². The van der Waals surface area contributed by atoms with Gasteiger partial charge in [0.15, 0.2) is 5.78 Å². The van der Waals surface area contributed by atoms with E-state index in [1.54, 1.807) is 55.7 Å². The molecule has 0 spiro atoms. The van der Waals surface area contributed by atoms with Crippen LogP contribution in [0.25, 0.3) is 0 Å². The van der Waals surface area contributed by atoms with Gasteiger partial charge in [-0.2, -0.15) is 0 Å². The van der Waals surface area contributed by atoms with Gasteiger partial charge in [0.2, 0.25) is 0 Å². The number of ether oxygens (including phenoxy) is 2. The maximum Gasteiger partial charge on any atom is 0.319 e. The Hall–Kier alpha value is -4.55. The third kappa shape index (κ3) is 9.72. The zero-order valence-electron chi connectivity index (χ0n) is 25.7. The topological polar surface area (TPSA) is 170 Å². The van der Waals surface area contributed by atoms with Crippen molar-refractivity contribution in [3.8, 4) is 5.75 Å².